The molecule has 0 fully saturated rings. The summed E-state index contributed by atoms with van der Waals surface area (Å²) in [6, 6.07) is 8.16. The molecule has 0 aromatic heterocycles. The Morgan fingerprint density at radius 1 is 1.21 bits per heavy atom. The first-order chi connectivity index (χ1) is 8.97. The highest BCUT2D eigenvalue weighted by molar-refractivity contribution is 9.10. The highest BCUT2D eigenvalue weighted by Gasteiger charge is 2.14. The van der Waals surface area contributed by atoms with E-state index in [2.05, 4.69) is 15.9 Å². The van der Waals surface area contributed by atoms with Crippen LogP contribution in [0.4, 0.5) is 4.39 Å². The molecule has 0 unspecified atom stereocenters. The largest absolute Gasteiger partial charge is 0.478 e. The maximum absolute atomic E-state index is 12.9. The van der Waals surface area contributed by atoms with Crippen LogP contribution in [0.1, 0.15) is 10.4 Å². The summed E-state index contributed by atoms with van der Waals surface area (Å²) in [4.78, 5) is 11.1. The van der Waals surface area contributed by atoms with E-state index in [1.54, 1.807) is 6.07 Å². The molecule has 0 aliphatic carbocycles. The fraction of sp³-hybridized carbons (Fsp3) is 0. The summed E-state index contributed by atoms with van der Waals surface area (Å²) >= 11 is 9.00. The van der Waals surface area contributed by atoms with E-state index in [4.69, 9.17) is 21.4 Å². The molecule has 0 bridgehead atoms. The number of carboxylic acids is 1. The van der Waals surface area contributed by atoms with Gasteiger partial charge in [-0.15, -0.1) is 0 Å². The van der Waals surface area contributed by atoms with E-state index in [1.807, 2.05) is 0 Å². The second-order valence-corrected chi connectivity index (χ2v) is 4.95. The Morgan fingerprint density at radius 3 is 2.53 bits per heavy atom. The predicted molar refractivity (Wildman–Crippen MR) is 72.6 cm³/mol. The van der Waals surface area contributed by atoms with Crippen molar-refractivity contribution in [3.05, 3.63) is 57.3 Å². The molecule has 0 radical (unpaired) electrons. The third-order valence-electron chi connectivity index (χ3n) is 2.29. The summed E-state index contributed by atoms with van der Waals surface area (Å²) in [5.74, 6) is -1.31. The first-order valence-corrected chi connectivity index (χ1v) is 6.30. The van der Waals surface area contributed by atoms with E-state index < -0.39 is 11.8 Å². The third-order valence-corrected chi connectivity index (χ3v) is 3.07. The molecule has 0 atom stereocenters. The van der Waals surface area contributed by atoms with E-state index in [0.717, 1.165) is 6.07 Å². The Bertz CT molecular complexity index is 646. The lowest BCUT2D eigenvalue weighted by Gasteiger charge is -2.10. The van der Waals surface area contributed by atoms with E-state index in [1.165, 1.54) is 24.3 Å². The number of hydrogen-bond acceptors (Lipinski definition) is 2. The molecule has 0 heterocycles. The van der Waals surface area contributed by atoms with Crippen molar-refractivity contribution in [2.24, 2.45) is 0 Å². The average Bonchev–Trinajstić information content (AvgIpc) is 2.34. The lowest BCUT2D eigenvalue weighted by atomic mass is 10.2. The van der Waals surface area contributed by atoms with Gasteiger partial charge in [-0.1, -0.05) is 27.5 Å². The van der Waals surface area contributed by atoms with Crippen molar-refractivity contribution >= 4 is 33.5 Å². The Labute approximate surface area is 121 Å². The Morgan fingerprint density at radius 2 is 1.89 bits per heavy atom. The molecule has 2 aromatic carbocycles. The molecular formula is C13H7BrClFO3. The predicted octanol–water partition coefficient (Wildman–Crippen LogP) is 4.73. The molecule has 0 saturated carbocycles. The minimum atomic E-state index is -1.13. The fourth-order valence-electron chi connectivity index (χ4n) is 1.43. The van der Waals surface area contributed by atoms with E-state index >= 15 is 0 Å². The second-order valence-electron chi connectivity index (χ2n) is 3.62. The Balaban J connectivity index is 2.40. The van der Waals surface area contributed by atoms with Crippen molar-refractivity contribution in [1.82, 2.24) is 0 Å². The van der Waals surface area contributed by atoms with Gasteiger partial charge in [0.2, 0.25) is 0 Å². The number of aromatic carboxylic acids is 1. The van der Waals surface area contributed by atoms with Gasteiger partial charge in [-0.05, 0) is 36.4 Å². The van der Waals surface area contributed by atoms with Gasteiger partial charge in [-0.25, -0.2) is 9.18 Å². The summed E-state index contributed by atoms with van der Waals surface area (Å²) in [5.41, 5.74) is -0.0187. The molecule has 19 heavy (non-hydrogen) atoms. The lowest BCUT2D eigenvalue weighted by molar-refractivity contribution is 0.0694. The van der Waals surface area contributed by atoms with Gasteiger partial charge in [-0.2, -0.15) is 0 Å². The first kappa shape index (κ1) is 13.8. The number of carbonyl (C=O) groups is 1. The number of ether oxygens (including phenoxy) is 1. The van der Waals surface area contributed by atoms with Crippen molar-refractivity contribution in [2.75, 3.05) is 0 Å². The van der Waals surface area contributed by atoms with Gasteiger partial charge < -0.3 is 9.84 Å². The van der Waals surface area contributed by atoms with Crippen LogP contribution in [0.15, 0.2) is 40.9 Å². The molecule has 0 amide bonds. The number of hydrogen-bond donors (Lipinski definition) is 1. The minimum absolute atomic E-state index is 0.0187. The van der Waals surface area contributed by atoms with E-state index in [-0.39, 0.29) is 22.1 Å². The summed E-state index contributed by atoms with van der Waals surface area (Å²) < 4.78 is 18.9. The van der Waals surface area contributed by atoms with Crippen molar-refractivity contribution in [2.45, 2.75) is 0 Å². The van der Waals surface area contributed by atoms with Crippen LogP contribution < -0.4 is 4.74 Å². The van der Waals surface area contributed by atoms with Crippen molar-refractivity contribution < 1.29 is 19.0 Å². The molecule has 3 nitrogen and oxygen atoms in total. The number of carboxylic acid groups (broad SMARTS) is 1. The number of rotatable bonds is 3. The van der Waals surface area contributed by atoms with Gasteiger partial charge in [0.15, 0.2) is 0 Å². The lowest BCUT2D eigenvalue weighted by Crippen LogP contribution is -2.00. The normalized spacial score (nSPS) is 10.3. The molecule has 0 aliphatic heterocycles. The maximum Gasteiger partial charge on any atom is 0.339 e. The minimum Gasteiger partial charge on any atom is -0.478 e. The zero-order chi connectivity index (χ0) is 14.0. The zero-order valence-corrected chi connectivity index (χ0v) is 11.7. The second kappa shape index (κ2) is 5.59. The SMILES string of the molecule is O=C(O)c1cc(Br)ccc1Oc1ccc(F)cc1Cl. The monoisotopic (exact) mass is 344 g/mol. The molecule has 2 rings (SSSR count). The topological polar surface area (TPSA) is 46.5 Å². The van der Waals surface area contributed by atoms with Crippen molar-refractivity contribution in [3.63, 3.8) is 0 Å². The van der Waals surface area contributed by atoms with Gasteiger partial charge in [0.1, 0.15) is 22.9 Å². The van der Waals surface area contributed by atoms with Crippen LogP contribution in [0.25, 0.3) is 0 Å². The smallest absolute Gasteiger partial charge is 0.339 e. The van der Waals surface area contributed by atoms with E-state index in [0.29, 0.717) is 4.47 Å². The molecule has 0 aliphatic rings. The summed E-state index contributed by atoms with van der Waals surface area (Å²) in [6.45, 7) is 0. The van der Waals surface area contributed by atoms with Crippen LogP contribution in [0.2, 0.25) is 5.02 Å². The van der Waals surface area contributed by atoms with Crippen LogP contribution in [0.3, 0.4) is 0 Å². The molecule has 0 saturated heterocycles. The van der Waals surface area contributed by atoms with Gasteiger partial charge >= 0.3 is 5.97 Å². The fourth-order valence-corrected chi connectivity index (χ4v) is 2.00. The molecule has 98 valence electrons. The van der Waals surface area contributed by atoms with Gasteiger partial charge in [0, 0.05) is 4.47 Å². The molecular weight excluding hydrogens is 338 g/mol. The summed E-state index contributed by atoms with van der Waals surface area (Å²) in [7, 11) is 0. The highest BCUT2D eigenvalue weighted by atomic mass is 79.9. The molecule has 1 N–H and O–H groups in total. The van der Waals surface area contributed by atoms with Crippen LogP contribution >= 0.6 is 27.5 Å². The number of halogens is 3. The van der Waals surface area contributed by atoms with Gasteiger partial charge in [0.25, 0.3) is 0 Å². The summed E-state index contributed by atoms with van der Waals surface area (Å²) in [5, 5.41) is 9.16. The van der Waals surface area contributed by atoms with Crippen LogP contribution in [0.5, 0.6) is 11.5 Å². The Kier molecular flexibility index (Phi) is 4.07. The van der Waals surface area contributed by atoms with Crippen LogP contribution in [0, 0.1) is 5.82 Å². The van der Waals surface area contributed by atoms with Crippen LogP contribution in [-0.4, -0.2) is 11.1 Å². The van der Waals surface area contributed by atoms with Gasteiger partial charge in [0.05, 0.1) is 5.02 Å². The van der Waals surface area contributed by atoms with Crippen molar-refractivity contribution in [3.8, 4) is 11.5 Å². The Hall–Kier alpha value is -1.59. The molecule has 6 heteroatoms. The quantitative estimate of drug-likeness (QED) is 0.874. The first-order valence-electron chi connectivity index (χ1n) is 5.13. The van der Waals surface area contributed by atoms with Crippen molar-refractivity contribution in [1.29, 1.82) is 0 Å². The molecule has 0 spiro atoms. The van der Waals surface area contributed by atoms with Gasteiger partial charge in [-0.3, -0.25) is 0 Å². The standard InChI is InChI=1S/C13H7BrClFO3/c14-7-1-3-11(9(5-7)13(17)18)19-12-4-2-8(16)6-10(12)15/h1-6H,(H,17,18). The van der Waals surface area contributed by atoms with E-state index in [9.17, 15) is 9.18 Å². The van der Waals surface area contributed by atoms with Crippen LogP contribution in [-0.2, 0) is 0 Å². The summed E-state index contributed by atoms with van der Waals surface area (Å²) in [6.07, 6.45) is 0. The zero-order valence-electron chi connectivity index (χ0n) is 9.36. The number of benzene rings is 2. The maximum atomic E-state index is 12.9. The average molecular weight is 346 g/mol. The molecule has 2 aromatic rings. The highest BCUT2D eigenvalue weighted by Crippen LogP contribution is 2.32. The third kappa shape index (κ3) is 3.24.